The molecule has 2 amide bonds. The summed E-state index contributed by atoms with van der Waals surface area (Å²) >= 11 is 3.26. The number of rotatable bonds is 8. The lowest BCUT2D eigenvalue weighted by Crippen LogP contribution is -2.42. The van der Waals surface area contributed by atoms with E-state index < -0.39 is 23.7 Å². The molecule has 0 radical (unpaired) electrons. The second kappa shape index (κ2) is 10.1. The van der Waals surface area contributed by atoms with Crippen molar-refractivity contribution >= 4 is 33.7 Å². The lowest BCUT2D eigenvalue weighted by atomic mass is 9.87. The molecular formula is C17H23BrN2O4. The first-order valence-electron chi connectivity index (χ1n) is 7.93. The van der Waals surface area contributed by atoms with Crippen LogP contribution >= 0.6 is 15.9 Å². The van der Waals surface area contributed by atoms with Crippen molar-refractivity contribution in [2.24, 2.45) is 11.8 Å². The van der Waals surface area contributed by atoms with Crippen LogP contribution in [0.5, 0.6) is 0 Å². The van der Waals surface area contributed by atoms with Gasteiger partial charge in [-0.3, -0.25) is 25.2 Å². The highest BCUT2D eigenvalue weighted by atomic mass is 79.9. The normalized spacial score (nSPS) is 13.0. The number of halogens is 1. The van der Waals surface area contributed by atoms with Gasteiger partial charge >= 0.3 is 5.97 Å². The lowest BCUT2D eigenvalue weighted by Gasteiger charge is -2.19. The van der Waals surface area contributed by atoms with Gasteiger partial charge in [0.15, 0.2) is 0 Å². The zero-order chi connectivity index (χ0) is 18.1. The molecule has 0 aromatic heterocycles. The summed E-state index contributed by atoms with van der Waals surface area (Å²) in [7, 11) is 0. The first kappa shape index (κ1) is 20.2. The monoisotopic (exact) mass is 398 g/mol. The van der Waals surface area contributed by atoms with Gasteiger partial charge in [0.2, 0.25) is 5.91 Å². The fourth-order valence-corrected chi connectivity index (χ4v) is 2.87. The highest BCUT2D eigenvalue weighted by Gasteiger charge is 2.26. The minimum atomic E-state index is -0.888. The van der Waals surface area contributed by atoms with Crippen LogP contribution in [0.3, 0.4) is 0 Å². The van der Waals surface area contributed by atoms with Crippen LogP contribution in [0, 0.1) is 11.8 Å². The van der Waals surface area contributed by atoms with Gasteiger partial charge in [-0.2, -0.15) is 0 Å². The van der Waals surface area contributed by atoms with E-state index in [1.54, 1.807) is 31.2 Å². The van der Waals surface area contributed by atoms with Gasteiger partial charge < -0.3 is 5.11 Å². The lowest BCUT2D eigenvalue weighted by molar-refractivity contribution is -0.144. The summed E-state index contributed by atoms with van der Waals surface area (Å²) in [4.78, 5) is 35.2. The Morgan fingerprint density at radius 3 is 2.46 bits per heavy atom. The fraction of sp³-hybridized carbons (Fsp3) is 0.471. The van der Waals surface area contributed by atoms with E-state index in [1.165, 1.54) is 0 Å². The van der Waals surface area contributed by atoms with Crippen molar-refractivity contribution < 1.29 is 19.5 Å². The minimum absolute atomic E-state index is 0.0386. The molecule has 0 aliphatic carbocycles. The van der Waals surface area contributed by atoms with Crippen LogP contribution in [0.25, 0.3) is 0 Å². The summed E-state index contributed by atoms with van der Waals surface area (Å²) < 4.78 is 0.621. The number of carboxylic acids is 1. The Labute approximate surface area is 150 Å². The second-order valence-corrected chi connectivity index (χ2v) is 6.60. The van der Waals surface area contributed by atoms with Crippen LogP contribution in [0.4, 0.5) is 0 Å². The van der Waals surface area contributed by atoms with Gasteiger partial charge in [-0.1, -0.05) is 38.8 Å². The molecule has 2 atom stereocenters. The zero-order valence-electron chi connectivity index (χ0n) is 13.8. The number of unbranched alkanes of at least 4 members (excludes halogenated alkanes) is 1. The Morgan fingerprint density at radius 2 is 1.88 bits per heavy atom. The van der Waals surface area contributed by atoms with Crippen LogP contribution in [-0.2, 0) is 9.59 Å². The predicted molar refractivity (Wildman–Crippen MR) is 94.2 cm³/mol. The van der Waals surface area contributed by atoms with Crippen molar-refractivity contribution in [2.45, 2.75) is 39.5 Å². The Balaban J connectivity index is 2.51. The molecule has 0 saturated carbocycles. The van der Waals surface area contributed by atoms with Crippen LogP contribution in [-0.4, -0.2) is 22.9 Å². The average molecular weight is 399 g/mol. The maximum Gasteiger partial charge on any atom is 0.306 e. The van der Waals surface area contributed by atoms with E-state index in [1.807, 2.05) is 6.92 Å². The summed E-state index contributed by atoms with van der Waals surface area (Å²) in [5, 5.41) is 9.27. The van der Waals surface area contributed by atoms with Gasteiger partial charge in [0, 0.05) is 10.9 Å². The van der Waals surface area contributed by atoms with Crippen LogP contribution < -0.4 is 10.9 Å². The van der Waals surface area contributed by atoms with Crippen molar-refractivity contribution in [1.82, 2.24) is 10.9 Å². The molecule has 132 valence electrons. The molecule has 1 rings (SSSR count). The molecule has 1 aromatic carbocycles. The van der Waals surface area contributed by atoms with Crippen LogP contribution in [0.2, 0.25) is 0 Å². The van der Waals surface area contributed by atoms with Crippen LogP contribution in [0.15, 0.2) is 28.7 Å². The summed E-state index contributed by atoms with van der Waals surface area (Å²) in [5.74, 6) is -2.61. The number of amides is 2. The topological polar surface area (TPSA) is 95.5 Å². The number of carbonyl (C=O) groups is 3. The largest absolute Gasteiger partial charge is 0.481 e. The summed E-state index contributed by atoms with van der Waals surface area (Å²) in [6.45, 7) is 3.73. The van der Waals surface area contributed by atoms with E-state index >= 15 is 0 Å². The molecule has 3 N–H and O–H groups in total. The van der Waals surface area contributed by atoms with Crippen LogP contribution in [0.1, 0.15) is 49.9 Å². The molecular weight excluding hydrogens is 376 g/mol. The summed E-state index contributed by atoms with van der Waals surface area (Å²) in [6, 6.07) is 6.85. The van der Waals surface area contributed by atoms with Gasteiger partial charge in [0.05, 0.1) is 11.5 Å². The van der Waals surface area contributed by atoms with E-state index in [9.17, 15) is 19.5 Å². The molecule has 0 unspecified atom stereocenters. The highest BCUT2D eigenvalue weighted by molar-refractivity contribution is 9.10. The predicted octanol–water partition coefficient (Wildman–Crippen LogP) is 3.13. The molecule has 0 aliphatic heterocycles. The Kier molecular flexibility index (Phi) is 8.46. The standard InChI is InChI=1S/C17H23BrN2O4/c1-3-4-7-12(17(23)24)11(2)10-15(21)19-20-16(22)13-8-5-6-9-14(13)18/h5-6,8-9,11-12H,3-4,7,10H2,1-2H3,(H,19,21)(H,20,22)(H,23,24)/t11-,12-/m0/s1. The van der Waals surface area contributed by atoms with Crippen molar-refractivity contribution in [3.05, 3.63) is 34.3 Å². The summed E-state index contributed by atoms with van der Waals surface area (Å²) in [6.07, 6.45) is 2.30. The molecule has 0 aliphatic rings. The number of carbonyl (C=O) groups excluding carboxylic acids is 2. The number of hydrogen-bond acceptors (Lipinski definition) is 3. The van der Waals surface area contributed by atoms with Gasteiger partial charge in [-0.25, -0.2) is 0 Å². The van der Waals surface area contributed by atoms with Crippen molar-refractivity contribution in [3.63, 3.8) is 0 Å². The molecule has 0 fully saturated rings. The number of aliphatic carboxylic acids is 1. The van der Waals surface area contributed by atoms with Gasteiger partial charge in [-0.15, -0.1) is 0 Å². The smallest absolute Gasteiger partial charge is 0.306 e. The van der Waals surface area contributed by atoms with Gasteiger partial charge in [-0.05, 0) is 40.4 Å². The second-order valence-electron chi connectivity index (χ2n) is 5.75. The maximum atomic E-state index is 12.0. The molecule has 1 aromatic rings. The third-order valence-electron chi connectivity index (χ3n) is 3.81. The number of carboxylic acid groups (broad SMARTS) is 1. The summed E-state index contributed by atoms with van der Waals surface area (Å²) in [5.41, 5.74) is 5.08. The van der Waals surface area contributed by atoms with E-state index in [-0.39, 0.29) is 12.3 Å². The quantitative estimate of drug-likeness (QED) is 0.586. The highest BCUT2D eigenvalue weighted by Crippen LogP contribution is 2.22. The molecule has 6 nitrogen and oxygen atoms in total. The van der Waals surface area contributed by atoms with Crippen molar-refractivity contribution in [2.75, 3.05) is 0 Å². The van der Waals surface area contributed by atoms with E-state index in [2.05, 4.69) is 26.8 Å². The average Bonchev–Trinajstić information content (AvgIpc) is 2.53. The van der Waals surface area contributed by atoms with E-state index in [0.29, 0.717) is 16.5 Å². The number of hydrogen-bond donors (Lipinski definition) is 3. The Bertz CT molecular complexity index is 592. The molecule has 0 heterocycles. The van der Waals surface area contributed by atoms with E-state index in [4.69, 9.17) is 0 Å². The van der Waals surface area contributed by atoms with E-state index in [0.717, 1.165) is 12.8 Å². The molecule has 0 spiro atoms. The first-order chi connectivity index (χ1) is 11.4. The molecule has 7 heteroatoms. The molecule has 0 bridgehead atoms. The number of hydrazine groups is 1. The Morgan fingerprint density at radius 1 is 1.21 bits per heavy atom. The van der Waals surface area contributed by atoms with Gasteiger partial charge in [0.25, 0.3) is 5.91 Å². The molecule has 0 saturated heterocycles. The van der Waals surface area contributed by atoms with Crippen molar-refractivity contribution in [1.29, 1.82) is 0 Å². The minimum Gasteiger partial charge on any atom is -0.481 e. The molecule has 24 heavy (non-hydrogen) atoms. The Hall–Kier alpha value is -1.89. The first-order valence-corrected chi connectivity index (χ1v) is 8.72. The maximum absolute atomic E-state index is 12.0. The number of benzene rings is 1. The fourth-order valence-electron chi connectivity index (χ4n) is 2.40. The van der Waals surface area contributed by atoms with Crippen molar-refractivity contribution in [3.8, 4) is 0 Å². The number of nitrogens with one attached hydrogen (secondary N) is 2. The zero-order valence-corrected chi connectivity index (χ0v) is 15.4. The SMILES string of the molecule is CCCC[C@H](C(=O)O)[C@@H](C)CC(=O)NNC(=O)c1ccccc1Br. The third kappa shape index (κ3) is 6.31. The third-order valence-corrected chi connectivity index (χ3v) is 4.51. The van der Waals surface area contributed by atoms with Gasteiger partial charge in [0.1, 0.15) is 0 Å².